The van der Waals surface area contributed by atoms with Crippen molar-refractivity contribution in [2.75, 3.05) is 0 Å². The van der Waals surface area contributed by atoms with Crippen molar-refractivity contribution in [3.8, 4) is 0 Å². The molecule has 1 fully saturated rings. The minimum absolute atomic E-state index is 0. The van der Waals surface area contributed by atoms with Crippen molar-refractivity contribution < 1.29 is 48.0 Å². The van der Waals surface area contributed by atoms with Crippen LogP contribution in [0.5, 0.6) is 0 Å². The van der Waals surface area contributed by atoms with Crippen LogP contribution in [0.2, 0.25) is 12.1 Å². The van der Waals surface area contributed by atoms with E-state index in [1.165, 1.54) is 33.4 Å². The van der Waals surface area contributed by atoms with E-state index in [2.05, 4.69) is 102 Å². The summed E-state index contributed by atoms with van der Waals surface area (Å²) in [7, 11) is 0.543. The quantitative estimate of drug-likeness (QED) is 0.426. The standard InChI is InChI=1S/2C15H17.C4H10Si.2ClH.Zr/c2*1-4-13-6-5-7-14(10-13)15-9-11(2)8-12(15)3;1-2-4-5-3-1;;;/h2*5-7,9-11H,4H2,1-3H3;1-5H2;2*1H;/q;;;;;+2/p-2. The molecule has 5 rings (SSSR count). The van der Waals surface area contributed by atoms with Gasteiger partial charge in [0.05, 0.1) is 0 Å². The Morgan fingerprint density at radius 3 is 1.47 bits per heavy atom. The first-order chi connectivity index (χ1) is 17.4. The van der Waals surface area contributed by atoms with Gasteiger partial charge in [0.25, 0.3) is 0 Å². The topological polar surface area (TPSA) is 0 Å². The second kappa shape index (κ2) is 15.8. The van der Waals surface area contributed by atoms with Crippen molar-refractivity contribution in [2.45, 2.75) is 79.3 Å². The van der Waals surface area contributed by atoms with Crippen LogP contribution in [0.15, 0.2) is 78.4 Å². The van der Waals surface area contributed by atoms with Gasteiger partial charge in [-0.25, -0.2) is 0 Å². The zero-order valence-electron chi connectivity index (χ0n) is 24.1. The van der Waals surface area contributed by atoms with E-state index in [-0.39, 0.29) is 24.8 Å². The molecule has 0 bridgehead atoms. The molecule has 1 aliphatic heterocycles. The Kier molecular flexibility index (Phi) is 13.8. The molecule has 2 unspecified atom stereocenters. The van der Waals surface area contributed by atoms with E-state index >= 15 is 0 Å². The molecule has 2 atom stereocenters. The largest absolute Gasteiger partial charge is 1.00 e. The van der Waals surface area contributed by atoms with E-state index in [0.29, 0.717) is 21.4 Å². The molecule has 2 aliphatic carbocycles. The number of aryl methyl sites for hydroxylation is 2. The molecular formula is C34H44Cl2SiZr. The second-order valence-corrected chi connectivity index (χ2v) is 16.2. The molecular weight excluding hydrogens is 599 g/mol. The first-order valence-corrected chi connectivity index (χ1v) is 18.7. The molecule has 0 amide bonds. The molecule has 3 aliphatic rings. The van der Waals surface area contributed by atoms with E-state index in [1.54, 1.807) is 42.6 Å². The van der Waals surface area contributed by atoms with E-state index in [9.17, 15) is 0 Å². The van der Waals surface area contributed by atoms with E-state index in [4.69, 9.17) is 0 Å². The Hall–Kier alpha value is -0.920. The van der Waals surface area contributed by atoms with Gasteiger partial charge in [0.1, 0.15) is 0 Å². The maximum Gasteiger partial charge on any atom is -1.00 e. The summed E-state index contributed by atoms with van der Waals surface area (Å²) in [5, 5.41) is 0. The minimum atomic E-state index is -0.823. The van der Waals surface area contributed by atoms with Crippen molar-refractivity contribution in [2.24, 2.45) is 11.8 Å². The van der Waals surface area contributed by atoms with Crippen LogP contribution in [0.4, 0.5) is 0 Å². The fourth-order valence-corrected chi connectivity index (χ4v) is 11.5. The molecule has 202 valence electrons. The second-order valence-electron chi connectivity index (χ2n) is 10.8. The van der Waals surface area contributed by atoms with Crippen LogP contribution < -0.4 is 24.8 Å². The Labute approximate surface area is 258 Å². The number of benzene rings is 2. The zero-order valence-corrected chi connectivity index (χ0v) is 29.5. The smallest absolute Gasteiger partial charge is 1.00 e. The molecule has 1 saturated heterocycles. The average Bonchev–Trinajstić information content (AvgIpc) is 3.64. The van der Waals surface area contributed by atoms with E-state index < -0.39 is 23.2 Å². The molecule has 0 spiro atoms. The van der Waals surface area contributed by atoms with Gasteiger partial charge >= 0.3 is 201 Å². The minimum Gasteiger partial charge on any atom is -1.00 e. The van der Waals surface area contributed by atoms with Gasteiger partial charge in [0.2, 0.25) is 0 Å². The predicted octanol–water partition coefficient (Wildman–Crippen LogP) is 3.00. The summed E-state index contributed by atoms with van der Waals surface area (Å²) in [4.78, 5) is 0. The molecule has 0 N–H and O–H groups in total. The average molecular weight is 643 g/mol. The third kappa shape index (κ3) is 7.84. The van der Waals surface area contributed by atoms with Gasteiger partial charge in [0, 0.05) is 9.52 Å². The maximum atomic E-state index is 2.52. The van der Waals surface area contributed by atoms with Crippen LogP contribution in [0.25, 0.3) is 11.1 Å². The normalized spacial score (nSPS) is 20.2. The van der Waals surface area contributed by atoms with Crippen molar-refractivity contribution in [1.29, 1.82) is 0 Å². The van der Waals surface area contributed by atoms with Gasteiger partial charge in [0.15, 0.2) is 0 Å². The first-order valence-electron chi connectivity index (χ1n) is 14.2. The molecule has 0 aromatic heterocycles. The van der Waals surface area contributed by atoms with Gasteiger partial charge in [-0.05, 0) is 0 Å². The van der Waals surface area contributed by atoms with Crippen LogP contribution in [0.3, 0.4) is 0 Å². The van der Waals surface area contributed by atoms with Gasteiger partial charge in [-0.3, -0.25) is 0 Å². The third-order valence-corrected chi connectivity index (χ3v) is 15.6. The van der Waals surface area contributed by atoms with Crippen LogP contribution in [0.1, 0.15) is 76.6 Å². The monoisotopic (exact) mass is 640 g/mol. The summed E-state index contributed by atoms with van der Waals surface area (Å²) in [6.45, 7) is 14.0. The Morgan fingerprint density at radius 2 is 1.13 bits per heavy atom. The van der Waals surface area contributed by atoms with Crippen LogP contribution in [0, 0.1) is 11.8 Å². The van der Waals surface area contributed by atoms with Gasteiger partial charge < -0.3 is 24.8 Å². The SMILES string of the molecule is C1CC[SiH2]C1.CCc1cccc(C2=CC(C)[C]([Zr+2][C]3=C(C)C(c4cccc(CC)c4)=CC3C)=C2C)c1.[Cl-].[Cl-]. The molecule has 38 heavy (non-hydrogen) atoms. The zero-order chi connectivity index (χ0) is 25.7. The molecule has 2 aromatic rings. The molecule has 0 radical (unpaired) electrons. The summed E-state index contributed by atoms with van der Waals surface area (Å²) in [6.07, 6.45) is 10.4. The molecule has 4 heteroatoms. The summed E-state index contributed by atoms with van der Waals surface area (Å²) in [6, 6.07) is 21.6. The molecule has 0 nitrogen and oxygen atoms in total. The summed E-state index contributed by atoms with van der Waals surface area (Å²) in [5.41, 5.74) is 11.7. The summed E-state index contributed by atoms with van der Waals surface area (Å²) >= 11 is -0.823. The number of hydrogen-bond acceptors (Lipinski definition) is 0. The first kappa shape index (κ1) is 33.3. The van der Waals surface area contributed by atoms with E-state index in [0.717, 1.165) is 12.8 Å². The van der Waals surface area contributed by atoms with Crippen molar-refractivity contribution in [3.63, 3.8) is 0 Å². The van der Waals surface area contributed by atoms with Gasteiger partial charge in [-0.2, -0.15) is 0 Å². The predicted molar refractivity (Wildman–Crippen MR) is 159 cm³/mol. The molecule has 1 heterocycles. The number of halogens is 2. The van der Waals surface area contributed by atoms with Crippen LogP contribution in [-0.2, 0) is 36.1 Å². The number of rotatable bonds is 6. The van der Waals surface area contributed by atoms with Crippen molar-refractivity contribution in [3.05, 3.63) is 101 Å². The van der Waals surface area contributed by atoms with Crippen LogP contribution in [-0.4, -0.2) is 9.52 Å². The Bertz CT molecular complexity index is 1120. The van der Waals surface area contributed by atoms with Crippen molar-refractivity contribution >= 4 is 20.7 Å². The summed E-state index contributed by atoms with van der Waals surface area (Å²) < 4.78 is 3.53. The molecule has 2 aromatic carbocycles. The fourth-order valence-electron chi connectivity index (χ4n) is 5.88. The van der Waals surface area contributed by atoms with Gasteiger partial charge in [-0.15, -0.1) is 0 Å². The van der Waals surface area contributed by atoms with Gasteiger partial charge in [-0.1, -0.05) is 24.9 Å². The third-order valence-electron chi connectivity index (χ3n) is 8.17. The number of allylic oxidation sites excluding steroid dienone is 8. The Balaban J connectivity index is 0.000000651. The fraction of sp³-hybridized carbons (Fsp3) is 0.412. The summed E-state index contributed by atoms with van der Waals surface area (Å²) in [5.74, 6) is 1.15. The van der Waals surface area contributed by atoms with E-state index in [1.807, 2.05) is 0 Å². The number of hydrogen-bond donors (Lipinski definition) is 0. The molecule has 0 saturated carbocycles. The van der Waals surface area contributed by atoms with Crippen molar-refractivity contribution in [1.82, 2.24) is 0 Å². The Morgan fingerprint density at radius 1 is 0.711 bits per heavy atom. The maximum absolute atomic E-state index is 2.52. The van der Waals surface area contributed by atoms with Crippen LogP contribution >= 0.6 is 0 Å².